The molecule has 4 unspecified atom stereocenters. The van der Waals surface area contributed by atoms with Crippen molar-refractivity contribution in [3.63, 3.8) is 0 Å². The fraction of sp³-hybridized carbons (Fsp3) is 0.947. The van der Waals surface area contributed by atoms with Crippen molar-refractivity contribution < 1.29 is 14.6 Å². The molecular weight excluding hydrogens is 459 g/mol. The molecule has 8 heteroatoms. The van der Waals surface area contributed by atoms with E-state index < -0.39 is 5.60 Å². The van der Waals surface area contributed by atoms with Crippen LogP contribution in [-0.4, -0.2) is 86.8 Å². The van der Waals surface area contributed by atoms with Gasteiger partial charge in [-0.25, -0.2) is 0 Å². The van der Waals surface area contributed by atoms with Crippen LogP contribution >= 0.6 is 24.0 Å². The Morgan fingerprint density at radius 2 is 2.00 bits per heavy atom. The Bertz CT molecular complexity index is 509. The van der Waals surface area contributed by atoms with Crippen LogP contribution in [0.5, 0.6) is 0 Å². The summed E-state index contributed by atoms with van der Waals surface area (Å²) in [5.74, 6) is 1.31. The van der Waals surface area contributed by atoms with Crippen molar-refractivity contribution in [3.05, 3.63) is 0 Å². The molecule has 3 fully saturated rings. The summed E-state index contributed by atoms with van der Waals surface area (Å²) >= 11 is 0. The molecule has 3 aliphatic rings. The van der Waals surface area contributed by atoms with Gasteiger partial charge >= 0.3 is 0 Å². The highest BCUT2D eigenvalue weighted by Crippen LogP contribution is 2.51. The lowest BCUT2D eigenvalue weighted by molar-refractivity contribution is -0.188. The van der Waals surface area contributed by atoms with Gasteiger partial charge in [-0.05, 0) is 19.8 Å². The van der Waals surface area contributed by atoms with Crippen LogP contribution in [0.4, 0.5) is 0 Å². The molecule has 1 saturated carbocycles. The van der Waals surface area contributed by atoms with Gasteiger partial charge in [-0.2, -0.15) is 0 Å². The fourth-order valence-corrected chi connectivity index (χ4v) is 4.73. The van der Waals surface area contributed by atoms with Crippen LogP contribution in [0.25, 0.3) is 0 Å². The van der Waals surface area contributed by atoms with Crippen molar-refractivity contribution in [2.45, 2.75) is 51.4 Å². The number of aliphatic hydroxyl groups is 1. The summed E-state index contributed by atoms with van der Waals surface area (Å²) < 4.78 is 11.4. The molecule has 2 aliphatic heterocycles. The Kier molecular flexibility index (Phi) is 8.19. The van der Waals surface area contributed by atoms with Crippen molar-refractivity contribution in [3.8, 4) is 0 Å². The first-order valence-corrected chi connectivity index (χ1v) is 9.95. The van der Waals surface area contributed by atoms with E-state index in [1.807, 2.05) is 6.92 Å². The molecule has 3 rings (SSSR count). The summed E-state index contributed by atoms with van der Waals surface area (Å²) in [5, 5.41) is 17.7. The number of morpholine rings is 1. The first-order chi connectivity index (χ1) is 12.3. The van der Waals surface area contributed by atoms with Crippen molar-refractivity contribution in [2.24, 2.45) is 16.3 Å². The number of hydrogen-bond acceptors (Lipinski definition) is 5. The van der Waals surface area contributed by atoms with Gasteiger partial charge in [-0.3, -0.25) is 9.89 Å². The minimum absolute atomic E-state index is 0. The van der Waals surface area contributed by atoms with Crippen LogP contribution in [0.2, 0.25) is 0 Å². The number of nitrogens with one attached hydrogen (secondary N) is 2. The van der Waals surface area contributed by atoms with Gasteiger partial charge in [0.2, 0.25) is 0 Å². The maximum absolute atomic E-state index is 10.8. The number of fused-ring (bicyclic) bond motifs is 1. The highest BCUT2D eigenvalue weighted by Gasteiger charge is 2.58. The van der Waals surface area contributed by atoms with Crippen LogP contribution in [0.3, 0.4) is 0 Å². The second-order valence-corrected chi connectivity index (χ2v) is 8.85. The normalized spacial score (nSPS) is 33.1. The van der Waals surface area contributed by atoms with E-state index in [1.54, 1.807) is 7.05 Å². The van der Waals surface area contributed by atoms with Crippen LogP contribution in [0.15, 0.2) is 4.99 Å². The minimum atomic E-state index is -0.819. The quantitative estimate of drug-likeness (QED) is 0.300. The average Bonchev–Trinajstić information content (AvgIpc) is 2.62. The zero-order valence-electron chi connectivity index (χ0n) is 17.2. The fourth-order valence-electron chi connectivity index (χ4n) is 4.73. The van der Waals surface area contributed by atoms with E-state index in [1.165, 1.54) is 6.42 Å². The van der Waals surface area contributed by atoms with Gasteiger partial charge in [-0.1, -0.05) is 13.8 Å². The molecule has 3 N–H and O–H groups in total. The molecule has 0 spiro atoms. The number of nitrogens with zero attached hydrogens (tertiary/aromatic N) is 2. The predicted octanol–water partition coefficient (Wildman–Crippen LogP) is 1.06. The van der Waals surface area contributed by atoms with Crippen LogP contribution < -0.4 is 10.6 Å². The molecular formula is C19H37IN4O3. The maximum Gasteiger partial charge on any atom is 0.191 e. The number of guanidine groups is 1. The topological polar surface area (TPSA) is 78.4 Å². The molecule has 0 aromatic rings. The molecule has 1 aliphatic carbocycles. The van der Waals surface area contributed by atoms with E-state index in [4.69, 9.17) is 9.47 Å². The van der Waals surface area contributed by atoms with Crippen molar-refractivity contribution in [2.75, 3.05) is 53.0 Å². The summed E-state index contributed by atoms with van der Waals surface area (Å²) in [6.45, 7) is 11.6. The van der Waals surface area contributed by atoms with E-state index >= 15 is 0 Å². The van der Waals surface area contributed by atoms with Crippen molar-refractivity contribution >= 4 is 29.9 Å². The van der Waals surface area contributed by atoms with Crippen molar-refractivity contribution in [1.29, 1.82) is 0 Å². The number of ether oxygens (including phenoxy) is 2. The Balaban J connectivity index is 0.00000261. The zero-order valence-corrected chi connectivity index (χ0v) is 19.5. The molecule has 158 valence electrons. The summed E-state index contributed by atoms with van der Waals surface area (Å²) in [6, 6.07) is 0.350. The van der Waals surface area contributed by atoms with E-state index in [2.05, 4.69) is 34.4 Å². The van der Waals surface area contributed by atoms with Crippen LogP contribution in [0, 0.1) is 11.3 Å². The molecule has 2 heterocycles. The lowest BCUT2D eigenvalue weighted by Crippen LogP contribution is -2.71. The smallest absolute Gasteiger partial charge is 0.191 e. The number of rotatable bonds is 5. The number of halogens is 1. The van der Waals surface area contributed by atoms with E-state index in [0.717, 1.165) is 45.3 Å². The molecule has 7 nitrogen and oxygen atoms in total. The van der Waals surface area contributed by atoms with Gasteiger partial charge in [-0.15, -0.1) is 24.0 Å². The Labute approximate surface area is 180 Å². The second kappa shape index (κ2) is 9.56. The summed E-state index contributed by atoms with van der Waals surface area (Å²) in [6.07, 6.45) is 2.68. The first-order valence-electron chi connectivity index (χ1n) is 9.95. The molecule has 4 atom stereocenters. The number of hydrogen-bond donors (Lipinski definition) is 3. The molecule has 0 aromatic carbocycles. The van der Waals surface area contributed by atoms with E-state index in [-0.39, 0.29) is 29.4 Å². The molecule has 27 heavy (non-hydrogen) atoms. The minimum Gasteiger partial charge on any atom is -0.387 e. The number of β-amino-alcohol motifs (C(OH)–C–C–N with tert-alkyl or cyclic N) is 1. The van der Waals surface area contributed by atoms with Gasteiger partial charge in [0.05, 0.1) is 24.9 Å². The third-order valence-electron chi connectivity index (χ3n) is 6.15. The van der Waals surface area contributed by atoms with Gasteiger partial charge in [0, 0.05) is 57.2 Å². The second-order valence-electron chi connectivity index (χ2n) is 8.85. The Morgan fingerprint density at radius 1 is 1.30 bits per heavy atom. The lowest BCUT2D eigenvalue weighted by Gasteiger charge is -2.60. The molecule has 0 amide bonds. The SMILES string of the molecule is CN=C(NCC(C)(O)CN1CCOCC1)NC1C2CCCOC2C1(C)C.I. The molecule has 0 aromatic heterocycles. The third-order valence-corrected chi connectivity index (χ3v) is 6.15. The summed E-state index contributed by atoms with van der Waals surface area (Å²) in [4.78, 5) is 6.62. The lowest BCUT2D eigenvalue weighted by atomic mass is 9.55. The highest BCUT2D eigenvalue weighted by molar-refractivity contribution is 14.0. The van der Waals surface area contributed by atoms with Crippen LogP contribution in [-0.2, 0) is 9.47 Å². The molecule has 2 saturated heterocycles. The highest BCUT2D eigenvalue weighted by atomic mass is 127. The Morgan fingerprint density at radius 3 is 2.67 bits per heavy atom. The summed E-state index contributed by atoms with van der Waals surface area (Å²) in [5.41, 5.74) is -0.723. The van der Waals surface area contributed by atoms with Crippen molar-refractivity contribution in [1.82, 2.24) is 15.5 Å². The predicted molar refractivity (Wildman–Crippen MR) is 118 cm³/mol. The first kappa shape index (κ1) is 23.1. The molecule has 0 bridgehead atoms. The average molecular weight is 496 g/mol. The maximum atomic E-state index is 10.8. The third kappa shape index (κ3) is 5.46. The standard InChI is InChI=1S/C19H36N4O3.HI/c1-18(2)15(14-6-5-9-26-16(14)18)22-17(20-4)21-12-19(3,24)13-23-7-10-25-11-8-23;/h14-16,24H,5-13H2,1-4H3,(H2,20,21,22);1H. The van der Waals surface area contributed by atoms with Gasteiger partial charge in [0.15, 0.2) is 5.96 Å². The van der Waals surface area contributed by atoms with Gasteiger partial charge in [0.25, 0.3) is 0 Å². The Hall–Kier alpha value is -0.160. The van der Waals surface area contributed by atoms with Crippen LogP contribution in [0.1, 0.15) is 33.6 Å². The van der Waals surface area contributed by atoms with E-state index in [9.17, 15) is 5.11 Å². The largest absolute Gasteiger partial charge is 0.387 e. The van der Waals surface area contributed by atoms with E-state index in [0.29, 0.717) is 31.2 Å². The monoisotopic (exact) mass is 496 g/mol. The van der Waals surface area contributed by atoms with Gasteiger partial charge in [0.1, 0.15) is 0 Å². The zero-order chi connectivity index (χ0) is 18.8. The number of aliphatic imine (C=N–C) groups is 1. The molecule has 0 radical (unpaired) electrons. The van der Waals surface area contributed by atoms with Gasteiger partial charge < -0.3 is 25.2 Å². The summed E-state index contributed by atoms with van der Waals surface area (Å²) in [7, 11) is 1.78.